The molecule has 0 aliphatic heterocycles. The molecule has 1 fully saturated rings. The predicted molar refractivity (Wildman–Crippen MR) is 85.9 cm³/mol. The van der Waals surface area contributed by atoms with Crippen molar-refractivity contribution in [3.05, 3.63) is 71.0 Å². The first-order valence-electron chi connectivity index (χ1n) is 7.76. The van der Waals surface area contributed by atoms with Gasteiger partial charge in [0.05, 0.1) is 5.56 Å². The van der Waals surface area contributed by atoms with E-state index in [0.29, 0.717) is 22.6 Å². The lowest BCUT2D eigenvalue weighted by atomic mass is 9.97. The number of carbonyl (C=O) groups excluding carboxylic acids is 2. The second-order valence-corrected chi connectivity index (χ2v) is 5.98. The van der Waals surface area contributed by atoms with Gasteiger partial charge in [0.1, 0.15) is 5.82 Å². The summed E-state index contributed by atoms with van der Waals surface area (Å²) in [5.41, 5.74) is 1.05. The highest BCUT2D eigenvalue weighted by atomic mass is 19.1. The summed E-state index contributed by atoms with van der Waals surface area (Å²) < 4.78 is 13.0. The number of hydrogen-bond donors (Lipinski definition) is 1. The van der Waals surface area contributed by atoms with E-state index in [1.807, 2.05) is 6.92 Å². The zero-order chi connectivity index (χ0) is 16.4. The zero-order valence-corrected chi connectivity index (χ0v) is 12.9. The highest BCUT2D eigenvalue weighted by Gasteiger charge is 2.29. The van der Waals surface area contributed by atoms with Gasteiger partial charge in [-0.15, -0.1) is 0 Å². The summed E-state index contributed by atoms with van der Waals surface area (Å²) in [6, 6.07) is 12.2. The molecule has 0 spiro atoms. The molecule has 0 radical (unpaired) electrons. The van der Waals surface area contributed by atoms with Crippen molar-refractivity contribution >= 4 is 11.7 Å². The van der Waals surface area contributed by atoms with Gasteiger partial charge >= 0.3 is 0 Å². The molecule has 2 aromatic rings. The molecule has 0 bridgehead atoms. The third-order valence-corrected chi connectivity index (χ3v) is 4.21. The lowest BCUT2D eigenvalue weighted by Crippen LogP contribution is -2.34. The first kappa shape index (κ1) is 15.4. The molecule has 0 heterocycles. The summed E-state index contributed by atoms with van der Waals surface area (Å²) in [5, 5.41) is 2.96. The van der Waals surface area contributed by atoms with Gasteiger partial charge in [-0.2, -0.15) is 0 Å². The van der Waals surface area contributed by atoms with Gasteiger partial charge in [0.25, 0.3) is 5.91 Å². The summed E-state index contributed by atoms with van der Waals surface area (Å²) >= 11 is 0. The third kappa shape index (κ3) is 3.47. The molecule has 1 N–H and O–H groups in total. The minimum Gasteiger partial charge on any atom is -0.349 e. The van der Waals surface area contributed by atoms with Crippen molar-refractivity contribution in [1.29, 1.82) is 0 Å². The van der Waals surface area contributed by atoms with Crippen molar-refractivity contribution in [2.24, 2.45) is 5.92 Å². The van der Waals surface area contributed by atoms with Gasteiger partial charge in [0.2, 0.25) is 0 Å². The summed E-state index contributed by atoms with van der Waals surface area (Å²) in [5.74, 6) is -0.380. The molecular formula is C19H18FNO2. The second-order valence-electron chi connectivity index (χ2n) is 5.98. The average molecular weight is 311 g/mol. The van der Waals surface area contributed by atoms with Gasteiger partial charge in [0.15, 0.2) is 5.78 Å². The number of rotatable bonds is 5. The summed E-state index contributed by atoms with van der Waals surface area (Å²) in [6.45, 7) is 1.99. The Kier molecular flexibility index (Phi) is 4.24. The minimum atomic E-state index is -0.397. The Balaban J connectivity index is 1.86. The van der Waals surface area contributed by atoms with Crippen LogP contribution in [-0.2, 0) is 0 Å². The Labute approximate surface area is 134 Å². The van der Waals surface area contributed by atoms with Crippen LogP contribution in [0, 0.1) is 11.7 Å². The van der Waals surface area contributed by atoms with Crippen LogP contribution in [0.25, 0.3) is 0 Å². The summed E-state index contributed by atoms with van der Waals surface area (Å²) in [7, 11) is 0. The van der Waals surface area contributed by atoms with E-state index < -0.39 is 5.82 Å². The van der Waals surface area contributed by atoms with Crippen LogP contribution in [0.1, 0.15) is 46.0 Å². The molecule has 23 heavy (non-hydrogen) atoms. The number of amides is 1. The highest BCUT2D eigenvalue weighted by molar-refractivity contribution is 6.15. The fourth-order valence-corrected chi connectivity index (χ4v) is 2.63. The van der Waals surface area contributed by atoms with Crippen molar-refractivity contribution in [3.8, 4) is 0 Å². The van der Waals surface area contributed by atoms with Gasteiger partial charge in [-0.1, -0.05) is 18.2 Å². The second kappa shape index (κ2) is 6.32. The largest absolute Gasteiger partial charge is 0.349 e. The summed E-state index contributed by atoms with van der Waals surface area (Å²) in [6.07, 6.45) is 2.27. The maximum atomic E-state index is 13.0. The van der Waals surface area contributed by atoms with E-state index in [1.165, 1.54) is 24.3 Å². The molecule has 0 aromatic heterocycles. The van der Waals surface area contributed by atoms with Crippen LogP contribution in [0.4, 0.5) is 4.39 Å². The molecule has 1 aliphatic carbocycles. The molecule has 2 aromatic carbocycles. The molecule has 0 saturated heterocycles. The number of hydrogen-bond acceptors (Lipinski definition) is 2. The number of carbonyl (C=O) groups is 2. The Morgan fingerprint density at radius 1 is 1.04 bits per heavy atom. The molecule has 118 valence electrons. The van der Waals surface area contributed by atoms with Gasteiger partial charge < -0.3 is 5.32 Å². The van der Waals surface area contributed by atoms with Crippen LogP contribution in [0.3, 0.4) is 0 Å². The molecule has 1 atom stereocenters. The van der Waals surface area contributed by atoms with Crippen LogP contribution in [-0.4, -0.2) is 17.7 Å². The van der Waals surface area contributed by atoms with Crippen LogP contribution in [0.5, 0.6) is 0 Å². The fourth-order valence-electron chi connectivity index (χ4n) is 2.63. The van der Waals surface area contributed by atoms with Crippen LogP contribution in [0.15, 0.2) is 48.5 Å². The van der Waals surface area contributed by atoms with E-state index in [1.54, 1.807) is 24.3 Å². The fraction of sp³-hybridized carbons (Fsp3) is 0.263. The lowest BCUT2D eigenvalue weighted by molar-refractivity contribution is 0.0926. The first-order valence-corrected chi connectivity index (χ1v) is 7.76. The van der Waals surface area contributed by atoms with Crippen molar-refractivity contribution < 1.29 is 14.0 Å². The van der Waals surface area contributed by atoms with Gasteiger partial charge in [-0.25, -0.2) is 4.39 Å². The Morgan fingerprint density at radius 3 is 2.26 bits per heavy atom. The predicted octanol–water partition coefficient (Wildman–Crippen LogP) is 3.59. The van der Waals surface area contributed by atoms with Crippen molar-refractivity contribution in [1.82, 2.24) is 5.32 Å². The summed E-state index contributed by atoms with van der Waals surface area (Å²) in [4.78, 5) is 25.1. The van der Waals surface area contributed by atoms with E-state index in [9.17, 15) is 14.0 Å². The van der Waals surface area contributed by atoms with Crippen molar-refractivity contribution in [2.45, 2.75) is 25.8 Å². The molecule has 3 nitrogen and oxygen atoms in total. The lowest BCUT2D eigenvalue weighted by Gasteiger charge is -2.14. The monoisotopic (exact) mass is 311 g/mol. The maximum Gasteiger partial charge on any atom is 0.252 e. The third-order valence-electron chi connectivity index (χ3n) is 4.21. The van der Waals surface area contributed by atoms with Gasteiger partial charge in [-0.3, -0.25) is 9.59 Å². The van der Waals surface area contributed by atoms with E-state index in [0.717, 1.165) is 12.8 Å². The van der Waals surface area contributed by atoms with Crippen molar-refractivity contribution in [2.75, 3.05) is 0 Å². The Morgan fingerprint density at radius 2 is 1.65 bits per heavy atom. The number of halogens is 1. The normalized spacial score (nSPS) is 15.0. The van der Waals surface area contributed by atoms with E-state index in [4.69, 9.17) is 0 Å². The number of benzene rings is 2. The first-order chi connectivity index (χ1) is 11.1. The Hall–Kier alpha value is -2.49. The maximum absolute atomic E-state index is 13.0. The molecule has 3 rings (SSSR count). The molecule has 1 saturated carbocycles. The van der Waals surface area contributed by atoms with Crippen molar-refractivity contribution in [3.63, 3.8) is 0 Å². The number of nitrogens with one attached hydrogen (secondary N) is 1. The molecule has 1 amide bonds. The standard InChI is InChI=1S/C19H18FNO2/c1-12(13-6-7-13)21-19(23)17-5-3-2-4-16(17)18(22)14-8-10-15(20)11-9-14/h2-5,8-13H,6-7H2,1H3,(H,21,23). The van der Waals surface area contributed by atoms with E-state index >= 15 is 0 Å². The topological polar surface area (TPSA) is 46.2 Å². The minimum absolute atomic E-state index is 0.108. The molecule has 4 heteroatoms. The smallest absolute Gasteiger partial charge is 0.252 e. The average Bonchev–Trinajstić information content (AvgIpc) is 3.40. The highest BCUT2D eigenvalue weighted by Crippen LogP contribution is 2.32. The van der Waals surface area contributed by atoms with Crippen LogP contribution >= 0.6 is 0 Å². The molecule has 1 unspecified atom stereocenters. The van der Waals surface area contributed by atoms with E-state index in [2.05, 4.69) is 5.32 Å². The van der Waals surface area contributed by atoms with Crippen LogP contribution < -0.4 is 5.32 Å². The quantitative estimate of drug-likeness (QED) is 0.858. The molecule has 1 aliphatic rings. The van der Waals surface area contributed by atoms with E-state index in [-0.39, 0.29) is 17.7 Å². The van der Waals surface area contributed by atoms with Crippen LogP contribution in [0.2, 0.25) is 0 Å². The Bertz CT molecular complexity index is 735. The van der Waals surface area contributed by atoms with Gasteiger partial charge in [-0.05, 0) is 56.0 Å². The SMILES string of the molecule is CC(NC(=O)c1ccccc1C(=O)c1ccc(F)cc1)C1CC1. The number of ketones is 1. The molecular weight excluding hydrogens is 293 g/mol. The van der Waals surface area contributed by atoms with Gasteiger partial charge in [0, 0.05) is 17.2 Å². The zero-order valence-electron chi connectivity index (χ0n) is 12.9.